The molecule has 3 nitrogen and oxygen atoms in total. The molecule has 1 aliphatic carbocycles. The van der Waals surface area contributed by atoms with E-state index in [9.17, 15) is 8.42 Å². The molecule has 22 heavy (non-hydrogen) atoms. The molecule has 0 fully saturated rings. The summed E-state index contributed by atoms with van der Waals surface area (Å²) in [5.74, 6) is 0. The van der Waals surface area contributed by atoms with Crippen LogP contribution in [0.15, 0.2) is 47.4 Å². The van der Waals surface area contributed by atoms with Crippen LogP contribution in [-0.2, 0) is 22.9 Å². The van der Waals surface area contributed by atoms with Gasteiger partial charge in [0.15, 0.2) is 0 Å². The van der Waals surface area contributed by atoms with Crippen molar-refractivity contribution in [3.63, 3.8) is 0 Å². The third kappa shape index (κ3) is 3.35. The van der Waals surface area contributed by atoms with Crippen molar-refractivity contribution in [1.29, 1.82) is 0 Å². The fourth-order valence-electron chi connectivity index (χ4n) is 2.89. The van der Waals surface area contributed by atoms with E-state index >= 15 is 0 Å². The molecule has 116 valence electrons. The van der Waals surface area contributed by atoms with Crippen molar-refractivity contribution in [2.45, 2.75) is 37.1 Å². The lowest BCUT2D eigenvalue weighted by Crippen LogP contribution is -2.38. The second-order valence-electron chi connectivity index (χ2n) is 5.79. The fourth-order valence-corrected chi connectivity index (χ4v) is 4.28. The van der Waals surface area contributed by atoms with E-state index in [-0.39, 0.29) is 10.9 Å². The van der Waals surface area contributed by atoms with E-state index in [4.69, 9.17) is 11.6 Å². The number of benzene rings is 2. The minimum Gasteiger partial charge on any atom is -0.208 e. The van der Waals surface area contributed by atoms with Gasteiger partial charge in [-0.2, -0.15) is 0 Å². The van der Waals surface area contributed by atoms with E-state index in [1.165, 1.54) is 28.8 Å². The van der Waals surface area contributed by atoms with Crippen LogP contribution < -0.4 is 4.72 Å². The monoisotopic (exact) mass is 335 g/mol. The summed E-state index contributed by atoms with van der Waals surface area (Å²) in [5, 5.41) is 0.529. The highest BCUT2D eigenvalue weighted by atomic mass is 35.5. The number of fused-ring (bicyclic) bond motifs is 1. The van der Waals surface area contributed by atoms with Crippen molar-refractivity contribution < 1.29 is 8.42 Å². The van der Waals surface area contributed by atoms with Crippen molar-refractivity contribution in [2.75, 3.05) is 0 Å². The Labute approximate surface area is 136 Å². The SMILES string of the molecule is Cc1ccc2c(c1)CCC(NS(=O)(=O)c1ccc(Cl)cc1)C2. The zero-order valence-electron chi connectivity index (χ0n) is 12.3. The molecule has 2 aromatic carbocycles. The molecule has 0 saturated heterocycles. The summed E-state index contributed by atoms with van der Waals surface area (Å²) in [7, 11) is -3.50. The molecule has 0 heterocycles. The standard InChI is InChI=1S/C17H18ClNO2S/c1-12-2-3-14-11-16(7-4-13(14)10-12)19-22(20,21)17-8-5-15(18)6-9-17/h2-3,5-6,8-10,16,19H,4,7,11H2,1H3. The normalized spacial score (nSPS) is 18.0. The maximum absolute atomic E-state index is 12.4. The number of hydrogen-bond donors (Lipinski definition) is 1. The Morgan fingerprint density at radius 3 is 2.55 bits per heavy atom. The second kappa shape index (κ2) is 6.03. The third-order valence-corrected chi connectivity index (χ3v) is 5.82. The van der Waals surface area contributed by atoms with Crippen LogP contribution in [0.5, 0.6) is 0 Å². The molecule has 1 atom stereocenters. The van der Waals surface area contributed by atoms with Crippen molar-refractivity contribution in [1.82, 2.24) is 4.72 Å². The molecule has 5 heteroatoms. The maximum Gasteiger partial charge on any atom is 0.240 e. The first kappa shape index (κ1) is 15.5. The lowest BCUT2D eigenvalue weighted by Gasteiger charge is -2.25. The van der Waals surface area contributed by atoms with Crippen molar-refractivity contribution in [2.24, 2.45) is 0 Å². The van der Waals surface area contributed by atoms with Crippen molar-refractivity contribution in [3.05, 3.63) is 64.2 Å². The van der Waals surface area contributed by atoms with Gasteiger partial charge in [0.25, 0.3) is 0 Å². The van der Waals surface area contributed by atoms with Crippen LogP contribution in [0.2, 0.25) is 5.02 Å². The van der Waals surface area contributed by atoms with Crippen LogP contribution in [0.1, 0.15) is 23.1 Å². The summed E-state index contributed by atoms with van der Waals surface area (Å²) in [5.41, 5.74) is 3.82. The summed E-state index contributed by atoms with van der Waals surface area (Å²) >= 11 is 5.81. The predicted molar refractivity (Wildman–Crippen MR) is 88.8 cm³/mol. The lowest BCUT2D eigenvalue weighted by molar-refractivity contribution is 0.507. The number of sulfonamides is 1. The minimum absolute atomic E-state index is 0.0594. The number of nitrogens with one attached hydrogen (secondary N) is 1. The highest BCUT2D eigenvalue weighted by Crippen LogP contribution is 2.24. The molecule has 0 amide bonds. The maximum atomic E-state index is 12.4. The summed E-state index contributed by atoms with van der Waals surface area (Å²) < 4.78 is 27.7. The number of halogens is 1. The van der Waals surface area contributed by atoms with Crippen LogP contribution >= 0.6 is 11.6 Å². The number of hydrogen-bond acceptors (Lipinski definition) is 2. The molecule has 0 spiro atoms. The van der Waals surface area contributed by atoms with E-state index in [1.54, 1.807) is 12.1 Å². The Morgan fingerprint density at radius 2 is 1.82 bits per heavy atom. The first-order valence-electron chi connectivity index (χ1n) is 7.30. The van der Waals surface area contributed by atoms with Crippen molar-refractivity contribution >= 4 is 21.6 Å². The first-order chi connectivity index (χ1) is 10.4. The minimum atomic E-state index is -3.50. The van der Waals surface area contributed by atoms with Gasteiger partial charge in [-0.25, -0.2) is 13.1 Å². The van der Waals surface area contributed by atoms with E-state index in [2.05, 4.69) is 29.8 Å². The molecule has 2 aromatic rings. The molecule has 1 unspecified atom stereocenters. The van der Waals surface area contributed by atoms with Gasteiger partial charge in [0.2, 0.25) is 10.0 Å². The van der Waals surface area contributed by atoms with Gasteiger partial charge in [-0.3, -0.25) is 0 Å². The lowest BCUT2D eigenvalue weighted by atomic mass is 9.88. The Bertz CT molecular complexity index is 785. The number of rotatable bonds is 3. The molecule has 1 aliphatic rings. The van der Waals surface area contributed by atoms with E-state index < -0.39 is 10.0 Å². The summed E-state index contributed by atoms with van der Waals surface area (Å²) in [6, 6.07) is 12.6. The Balaban J connectivity index is 1.76. The second-order valence-corrected chi connectivity index (χ2v) is 7.94. The van der Waals surface area contributed by atoms with Crippen LogP contribution in [-0.4, -0.2) is 14.5 Å². The smallest absolute Gasteiger partial charge is 0.208 e. The van der Waals surface area contributed by atoms with E-state index in [0.29, 0.717) is 5.02 Å². The van der Waals surface area contributed by atoms with Crippen molar-refractivity contribution in [3.8, 4) is 0 Å². The molecule has 0 aliphatic heterocycles. The van der Waals surface area contributed by atoms with Crippen LogP contribution in [0.3, 0.4) is 0 Å². The third-order valence-electron chi connectivity index (χ3n) is 4.04. The molecule has 0 aromatic heterocycles. The van der Waals surface area contributed by atoms with Crippen LogP contribution in [0.4, 0.5) is 0 Å². The zero-order chi connectivity index (χ0) is 15.7. The first-order valence-corrected chi connectivity index (χ1v) is 9.16. The summed E-state index contributed by atoms with van der Waals surface area (Å²) in [6.07, 6.45) is 2.47. The Hall–Kier alpha value is -1.36. The molecular formula is C17H18ClNO2S. The molecule has 0 bridgehead atoms. The zero-order valence-corrected chi connectivity index (χ0v) is 13.9. The van der Waals surface area contributed by atoms with E-state index in [0.717, 1.165) is 19.3 Å². The van der Waals surface area contributed by atoms with Crippen LogP contribution in [0, 0.1) is 6.92 Å². The largest absolute Gasteiger partial charge is 0.240 e. The molecule has 0 radical (unpaired) electrons. The fraction of sp³-hybridized carbons (Fsp3) is 0.294. The average Bonchev–Trinajstić information content (AvgIpc) is 2.47. The van der Waals surface area contributed by atoms with Gasteiger partial charge >= 0.3 is 0 Å². The van der Waals surface area contributed by atoms with Crippen LogP contribution in [0.25, 0.3) is 0 Å². The highest BCUT2D eigenvalue weighted by molar-refractivity contribution is 7.89. The molecule has 1 N–H and O–H groups in total. The molecule has 0 saturated carbocycles. The van der Waals surface area contributed by atoms with E-state index in [1.807, 2.05) is 0 Å². The Kier molecular flexibility index (Phi) is 4.26. The molecular weight excluding hydrogens is 318 g/mol. The number of aryl methyl sites for hydroxylation is 2. The Morgan fingerprint density at radius 1 is 1.09 bits per heavy atom. The summed E-state index contributed by atoms with van der Waals surface area (Å²) in [4.78, 5) is 0.256. The van der Waals surface area contributed by atoms with Gasteiger partial charge in [-0.1, -0.05) is 35.4 Å². The molecule has 3 rings (SSSR count). The highest BCUT2D eigenvalue weighted by Gasteiger charge is 2.24. The summed E-state index contributed by atoms with van der Waals surface area (Å²) in [6.45, 7) is 2.08. The van der Waals surface area contributed by atoms with Gasteiger partial charge in [-0.15, -0.1) is 0 Å². The van der Waals surface area contributed by atoms with Gasteiger partial charge in [0, 0.05) is 11.1 Å². The predicted octanol–water partition coefficient (Wildman–Crippen LogP) is 3.48. The van der Waals surface area contributed by atoms with Gasteiger partial charge in [-0.05, 0) is 61.6 Å². The quantitative estimate of drug-likeness (QED) is 0.933. The van der Waals surface area contributed by atoms with Gasteiger partial charge in [0.1, 0.15) is 0 Å². The average molecular weight is 336 g/mol. The topological polar surface area (TPSA) is 46.2 Å². The van der Waals surface area contributed by atoms with Gasteiger partial charge in [0.05, 0.1) is 4.90 Å². The van der Waals surface area contributed by atoms with Gasteiger partial charge < -0.3 is 0 Å².